The molecule has 0 unspecified atom stereocenters. The second-order valence-corrected chi connectivity index (χ2v) is 6.52. The fourth-order valence-corrected chi connectivity index (χ4v) is 4.00. The van der Waals surface area contributed by atoms with Crippen LogP contribution in [0.4, 0.5) is 5.13 Å². The first-order valence-corrected chi connectivity index (χ1v) is 7.45. The van der Waals surface area contributed by atoms with E-state index in [0.717, 1.165) is 29.3 Å². The van der Waals surface area contributed by atoms with Crippen LogP contribution in [-0.2, 0) is 0 Å². The van der Waals surface area contributed by atoms with Crippen LogP contribution < -0.4 is 5.73 Å². The highest BCUT2D eigenvalue weighted by Crippen LogP contribution is 2.33. The molecule has 0 aromatic carbocycles. The Morgan fingerprint density at radius 3 is 2.82 bits per heavy atom. The Hall–Kier alpha value is -0.820. The lowest BCUT2D eigenvalue weighted by molar-refractivity contribution is 0.315. The van der Waals surface area contributed by atoms with Crippen molar-refractivity contribution >= 4 is 33.9 Å². The zero-order valence-corrected chi connectivity index (χ0v) is 11.1. The molecule has 0 saturated heterocycles. The number of nitrogens with zero attached hydrogens (tertiary/aromatic N) is 3. The highest BCUT2D eigenvalue weighted by Gasteiger charge is 2.21. The summed E-state index contributed by atoms with van der Waals surface area (Å²) in [5.41, 5.74) is 6.44. The van der Waals surface area contributed by atoms with Crippen LogP contribution in [0.2, 0.25) is 0 Å². The Morgan fingerprint density at radius 1 is 1.29 bits per heavy atom. The third-order valence-electron chi connectivity index (χ3n) is 2.81. The quantitative estimate of drug-likeness (QED) is 0.639. The topological polar surface area (TPSA) is 84.4 Å². The Balaban J connectivity index is 2.04. The molecule has 2 rings (SSSR count). The predicted octanol–water partition coefficient (Wildman–Crippen LogP) is 2.77. The summed E-state index contributed by atoms with van der Waals surface area (Å²) in [5.74, 6) is 0. The van der Waals surface area contributed by atoms with Gasteiger partial charge in [-0.05, 0) is 19.3 Å². The predicted molar refractivity (Wildman–Crippen MR) is 70.9 cm³/mol. The Bertz CT molecular complexity index is 393. The number of hydrogen-bond acceptors (Lipinski definition) is 7. The van der Waals surface area contributed by atoms with Gasteiger partial charge in [-0.2, -0.15) is 0 Å². The molecule has 0 amide bonds. The molecule has 0 aliphatic heterocycles. The van der Waals surface area contributed by atoms with Gasteiger partial charge in [0.1, 0.15) is 0 Å². The minimum atomic E-state index is 0.215. The Labute approximate surface area is 108 Å². The molecule has 0 radical (unpaired) electrons. The maximum atomic E-state index is 9.08. The molecule has 0 bridgehead atoms. The number of hydrogen-bond donors (Lipinski definition) is 2. The van der Waals surface area contributed by atoms with Crippen LogP contribution in [0.1, 0.15) is 38.5 Å². The van der Waals surface area contributed by atoms with Gasteiger partial charge in [0.25, 0.3) is 0 Å². The summed E-state index contributed by atoms with van der Waals surface area (Å²) in [6.07, 6.45) is 6.67. The summed E-state index contributed by atoms with van der Waals surface area (Å²) in [5, 5.41) is 21.0. The van der Waals surface area contributed by atoms with E-state index >= 15 is 0 Å². The average molecular weight is 272 g/mol. The summed E-state index contributed by atoms with van der Waals surface area (Å²) in [4.78, 5) is 0. The zero-order valence-electron chi connectivity index (χ0n) is 9.50. The molecule has 5 nitrogen and oxygen atoms in total. The number of aromatic nitrogens is 2. The van der Waals surface area contributed by atoms with Crippen LogP contribution in [0.3, 0.4) is 0 Å². The smallest absolute Gasteiger partial charge is 0.203 e. The van der Waals surface area contributed by atoms with Crippen molar-refractivity contribution < 1.29 is 5.21 Å². The van der Waals surface area contributed by atoms with Crippen molar-refractivity contribution in [3.05, 3.63) is 0 Å². The molecule has 1 aromatic rings. The summed E-state index contributed by atoms with van der Waals surface area (Å²) in [6.45, 7) is 0. The van der Waals surface area contributed by atoms with Crippen molar-refractivity contribution in [1.82, 2.24) is 10.2 Å². The monoisotopic (exact) mass is 272 g/mol. The van der Waals surface area contributed by atoms with Crippen molar-refractivity contribution in [1.29, 1.82) is 0 Å². The lowest BCUT2D eigenvalue weighted by Gasteiger charge is -2.18. The van der Waals surface area contributed by atoms with Gasteiger partial charge in [0.15, 0.2) is 4.34 Å². The number of thioether (sulfide) groups is 1. The van der Waals surface area contributed by atoms with E-state index in [2.05, 4.69) is 15.4 Å². The minimum absolute atomic E-state index is 0.215. The van der Waals surface area contributed by atoms with E-state index in [-0.39, 0.29) is 5.25 Å². The third-order valence-corrected chi connectivity index (χ3v) is 4.98. The van der Waals surface area contributed by atoms with Gasteiger partial charge in [0.05, 0.1) is 11.0 Å². The van der Waals surface area contributed by atoms with Gasteiger partial charge in [-0.3, -0.25) is 0 Å². The van der Waals surface area contributed by atoms with Crippen molar-refractivity contribution in [3.8, 4) is 0 Å². The molecule has 17 heavy (non-hydrogen) atoms. The van der Waals surface area contributed by atoms with E-state index in [0.29, 0.717) is 5.13 Å². The largest absolute Gasteiger partial charge is 0.411 e. The molecule has 1 atom stereocenters. The second-order valence-electron chi connectivity index (χ2n) is 4.06. The van der Waals surface area contributed by atoms with E-state index in [4.69, 9.17) is 10.9 Å². The highest BCUT2D eigenvalue weighted by molar-refractivity contribution is 8.02. The van der Waals surface area contributed by atoms with E-state index in [1.54, 1.807) is 11.8 Å². The van der Waals surface area contributed by atoms with Crippen LogP contribution in [0, 0.1) is 0 Å². The highest BCUT2D eigenvalue weighted by atomic mass is 32.2. The van der Waals surface area contributed by atoms with Gasteiger partial charge in [0.2, 0.25) is 5.13 Å². The van der Waals surface area contributed by atoms with E-state index < -0.39 is 0 Å². The molecule has 1 aromatic heterocycles. The first-order valence-electron chi connectivity index (χ1n) is 5.76. The van der Waals surface area contributed by atoms with Crippen molar-refractivity contribution in [2.45, 2.75) is 48.1 Å². The average Bonchev–Trinajstić information content (AvgIpc) is 2.69. The third kappa shape index (κ3) is 3.57. The molecule has 1 fully saturated rings. The minimum Gasteiger partial charge on any atom is -0.411 e. The van der Waals surface area contributed by atoms with Crippen LogP contribution in [0.25, 0.3) is 0 Å². The molecule has 1 aliphatic rings. The normalized spacial score (nSPS) is 24.5. The van der Waals surface area contributed by atoms with E-state index in [9.17, 15) is 0 Å². The van der Waals surface area contributed by atoms with Gasteiger partial charge in [0, 0.05) is 0 Å². The molecule has 94 valence electrons. The second kappa shape index (κ2) is 6.20. The molecule has 1 heterocycles. The van der Waals surface area contributed by atoms with Gasteiger partial charge in [-0.25, -0.2) is 0 Å². The Morgan fingerprint density at radius 2 is 2.12 bits per heavy atom. The molecule has 7 heteroatoms. The molecule has 3 N–H and O–H groups in total. The van der Waals surface area contributed by atoms with Gasteiger partial charge in [-0.15, -0.1) is 10.2 Å². The van der Waals surface area contributed by atoms with Crippen LogP contribution >= 0.6 is 23.1 Å². The number of nitrogens with two attached hydrogens (primary N) is 1. The van der Waals surface area contributed by atoms with Gasteiger partial charge < -0.3 is 10.9 Å². The lowest BCUT2D eigenvalue weighted by Crippen LogP contribution is -2.19. The van der Waals surface area contributed by atoms with Gasteiger partial charge >= 0.3 is 0 Å². The van der Waals surface area contributed by atoms with Crippen molar-refractivity contribution in [2.24, 2.45) is 5.16 Å². The maximum Gasteiger partial charge on any atom is 0.203 e. The zero-order chi connectivity index (χ0) is 12.1. The molecular formula is C10H16N4OS2. The maximum absolute atomic E-state index is 9.08. The summed E-state index contributed by atoms with van der Waals surface area (Å²) in [7, 11) is 0. The first-order chi connectivity index (χ1) is 8.29. The molecular weight excluding hydrogens is 256 g/mol. The van der Waals surface area contributed by atoms with Crippen molar-refractivity contribution in [2.75, 3.05) is 5.73 Å². The van der Waals surface area contributed by atoms with Crippen LogP contribution in [0.5, 0.6) is 0 Å². The van der Waals surface area contributed by atoms with Crippen LogP contribution in [0.15, 0.2) is 9.50 Å². The summed E-state index contributed by atoms with van der Waals surface area (Å²) < 4.78 is 0.856. The van der Waals surface area contributed by atoms with E-state index in [1.165, 1.54) is 30.6 Å². The van der Waals surface area contributed by atoms with E-state index in [1.807, 2.05) is 0 Å². The first kappa shape index (κ1) is 12.6. The summed E-state index contributed by atoms with van der Waals surface area (Å²) >= 11 is 3.00. The molecule has 1 aliphatic carbocycles. The molecule has 0 spiro atoms. The Kier molecular flexibility index (Phi) is 4.61. The fraction of sp³-hybridized carbons (Fsp3) is 0.700. The number of nitrogen functional groups attached to an aromatic ring is 1. The van der Waals surface area contributed by atoms with Crippen molar-refractivity contribution in [3.63, 3.8) is 0 Å². The number of anilines is 1. The SMILES string of the molecule is Nc1nnc(S[C@@H]2CCCCCC/C2=N\O)s1. The fourth-order valence-electron chi connectivity index (χ4n) is 1.95. The molecule has 1 saturated carbocycles. The van der Waals surface area contributed by atoms with Gasteiger partial charge in [-0.1, -0.05) is 47.5 Å². The summed E-state index contributed by atoms with van der Waals surface area (Å²) in [6, 6.07) is 0. The standard InChI is InChI=1S/C10H16N4OS2/c11-9-12-13-10(17-9)16-8-6-4-2-1-3-5-7(8)14-15/h8,15H,1-6H2,(H2,11,12)/b14-7+/t8-/m1/s1. The number of oxime groups is 1. The number of rotatable bonds is 2. The lowest BCUT2D eigenvalue weighted by atomic mass is 9.99. The van der Waals surface area contributed by atoms with Crippen LogP contribution in [-0.4, -0.2) is 26.4 Å².